The van der Waals surface area contributed by atoms with Gasteiger partial charge in [-0.05, 0) is 162 Å². The summed E-state index contributed by atoms with van der Waals surface area (Å²) in [5, 5.41) is 3.61. The molecule has 0 radical (unpaired) electrons. The first kappa shape index (κ1) is 51.0. The second kappa shape index (κ2) is 22.1. The van der Waals surface area contributed by atoms with Crippen molar-refractivity contribution >= 4 is 11.9 Å². The molecule has 0 aromatic rings. The van der Waals surface area contributed by atoms with E-state index in [0.29, 0.717) is 35.5 Å². The molecule has 10 atom stereocenters. The Morgan fingerprint density at radius 1 is 0.714 bits per heavy atom. The van der Waals surface area contributed by atoms with E-state index in [1.54, 1.807) is 12.5 Å². The van der Waals surface area contributed by atoms with Crippen LogP contribution in [0.15, 0.2) is 11.6 Å². The van der Waals surface area contributed by atoms with Gasteiger partial charge in [-0.2, -0.15) is 0 Å². The Labute approximate surface area is 388 Å². The summed E-state index contributed by atoms with van der Waals surface area (Å²) in [7, 11) is 0. The second-order valence-electron chi connectivity index (χ2n) is 24.1. The summed E-state index contributed by atoms with van der Waals surface area (Å²) < 4.78 is 6.01. The predicted molar refractivity (Wildman–Crippen MR) is 264 cm³/mol. The van der Waals surface area contributed by atoms with Crippen molar-refractivity contribution in [2.75, 3.05) is 65.4 Å². The van der Waals surface area contributed by atoms with E-state index in [0.717, 1.165) is 77.5 Å². The number of hydrogen-bond acceptors (Lipinski definition) is 6. The Hall–Kier alpha value is -1.44. The van der Waals surface area contributed by atoms with Crippen molar-refractivity contribution in [1.82, 2.24) is 20.0 Å². The van der Waals surface area contributed by atoms with Gasteiger partial charge in [0.15, 0.2) is 0 Å². The van der Waals surface area contributed by atoms with E-state index in [4.69, 9.17) is 4.74 Å². The Bertz CT molecular complexity index is 1490. The Morgan fingerprint density at radius 2 is 1.32 bits per heavy atom. The highest BCUT2D eigenvalue weighted by atomic mass is 16.5. The van der Waals surface area contributed by atoms with Crippen LogP contribution in [0.25, 0.3) is 0 Å². The third-order valence-electron chi connectivity index (χ3n) is 20.2. The van der Waals surface area contributed by atoms with E-state index in [1.165, 1.54) is 123 Å². The number of rotatable bonds is 22. The Kier molecular flexibility index (Phi) is 17.9. The lowest BCUT2D eigenvalue weighted by molar-refractivity contribution is -0.212. The lowest BCUT2D eigenvalue weighted by Gasteiger charge is -2.71. The number of nitrogens with one attached hydrogen (secondary N) is 1. The molecule has 1 saturated heterocycles. The number of hydrogen-bond donors (Lipinski definition) is 1. The Balaban J connectivity index is 1.00. The first-order valence-electron chi connectivity index (χ1n) is 27.4. The number of ether oxygens (including phenoxy) is 1. The molecule has 4 saturated carbocycles. The second-order valence-corrected chi connectivity index (χ2v) is 24.1. The van der Waals surface area contributed by atoms with Crippen molar-refractivity contribution in [2.24, 2.45) is 56.7 Å². The summed E-state index contributed by atoms with van der Waals surface area (Å²) in [5.74, 6) is 2.84. The zero-order chi connectivity index (χ0) is 45.5. The molecule has 1 heterocycles. The quantitative estimate of drug-likeness (QED) is 0.0664. The van der Waals surface area contributed by atoms with Crippen molar-refractivity contribution in [3.05, 3.63) is 11.6 Å². The summed E-state index contributed by atoms with van der Waals surface area (Å²) in [6, 6.07) is 0. The fourth-order valence-corrected chi connectivity index (χ4v) is 15.9. The minimum Gasteiger partial charge on any atom is -0.462 e. The predicted octanol–water partition coefficient (Wildman–Crippen LogP) is 12.3. The van der Waals surface area contributed by atoms with Crippen LogP contribution in [0, 0.1) is 56.7 Å². The first-order chi connectivity index (χ1) is 30.1. The molecule has 7 heteroatoms. The highest BCUT2D eigenvalue weighted by molar-refractivity contribution is 5.84. The summed E-state index contributed by atoms with van der Waals surface area (Å²) >= 11 is 0. The van der Waals surface area contributed by atoms with Gasteiger partial charge in [0.05, 0.1) is 5.41 Å². The molecule has 0 unspecified atom stereocenters. The molecule has 6 aliphatic rings. The molecule has 362 valence electrons. The fourth-order valence-electron chi connectivity index (χ4n) is 15.9. The average Bonchev–Trinajstić information content (AvgIpc) is 3.24. The van der Waals surface area contributed by atoms with Crippen molar-refractivity contribution in [3.63, 3.8) is 0 Å². The summed E-state index contributed by atoms with van der Waals surface area (Å²) in [6.45, 7) is 35.5. The number of nitrogens with zero attached hydrogens (tertiary/aromatic N) is 3. The molecule has 5 fully saturated rings. The number of esters is 1. The number of fused-ring (bicyclic) bond motifs is 7. The molecule has 0 spiro atoms. The van der Waals surface area contributed by atoms with Crippen molar-refractivity contribution in [1.29, 1.82) is 0 Å². The van der Waals surface area contributed by atoms with Crippen LogP contribution in [0.4, 0.5) is 0 Å². The van der Waals surface area contributed by atoms with E-state index in [1.807, 2.05) is 0 Å². The maximum Gasteiger partial charge on any atom is 0.302 e. The van der Waals surface area contributed by atoms with E-state index in [-0.39, 0.29) is 39.1 Å². The maximum absolute atomic E-state index is 14.8. The van der Waals surface area contributed by atoms with E-state index >= 15 is 0 Å². The van der Waals surface area contributed by atoms with Gasteiger partial charge >= 0.3 is 5.97 Å². The number of allylic oxidation sites excluding steroid dienone is 2. The van der Waals surface area contributed by atoms with Gasteiger partial charge in [-0.15, -0.1) is 0 Å². The molecular formula is C56H100N4O3. The molecule has 7 nitrogen and oxygen atoms in total. The average molecular weight is 877 g/mol. The van der Waals surface area contributed by atoms with Gasteiger partial charge in [-0.25, -0.2) is 0 Å². The highest BCUT2D eigenvalue weighted by Crippen LogP contribution is 2.76. The zero-order valence-electron chi connectivity index (χ0n) is 43.0. The van der Waals surface area contributed by atoms with Gasteiger partial charge < -0.3 is 24.8 Å². The van der Waals surface area contributed by atoms with Crippen LogP contribution in [0.2, 0.25) is 0 Å². The van der Waals surface area contributed by atoms with Gasteiger partial charge in [0, 0.05) is 45.1 Å². The number of unbranched alkanes of at least 4 members (excludes halogenated alkanes) is 8. The van der Waals surface area contributed by atoms with Gasteiger partial charge in [-0.3, -0.25) is 9.59 Å². The first-order valence-corrected chi connectivity index (χ1v) is 27.4. The highest BCUT2D eigenvalue weighted by Gasteiger charge is 2.69. The normalized spacial score (nSPS) is 36.7. The topological polar surface area (TPSA) is 65.1 Å². The van der Waals surface area contributed by atoms with Gasteiger partial charge in [0.1, 0.15) is 6.10 Å². The van der Waals surface area contributed by atoms with Gasteiger partial charge in [-0.1, -0.05) is 125 Å². The van der Waals surface area contributed by atoms with Crippen LogP contribution in [-0.4, -0.2) is 98.1 Å². The summed E-state index contributed by atoms with van der Waals surface area (Å²) in [6.07, 6.45) is 28.8. The molecule has 1 amide bonds. The van der Waals surface area contributed by atoms with E-state index in [9.17, 15) is 9.59 Å². The monoisotopic (exact) mass is 877 g/mol. The van der Waals surface area contributed by atoms with Crippen LogP contribution in [0.3, 0.4) is 0 Å². The van der Waals surface area contributed by atoms with E-state index in [2.05, 4.69) is 88.4 Å². The smallest absolute Gasteiger partial charge is 0.302 e. The van der Waals surface area contributed by atoms with Crippen LogP contribution in [-0.2, 0) is 14.3 Å². The van der Waals surface area contributed by atoms with Crippen LogP contribution in [0.1, 0.15) is 204 Å². The molecule has 0 bridgehead atoms. The SMILES string of the molecule is CCCCCCCN(CCCCCCC)CCCN1CCN(CCCNC(=O)[C@]23CC[C@@H](C)[C@H](C)[C@H]2C2=CC[C@@H]4[C@@]5(C)CC[C@H](OC(C)=O)C(C)(C)[C@@H]5CC[C@@]4(C)[C@]2(C)CC3)CC1. The summed E-state index contributed by atoms with van der Waals surface area (Å²) in [5.41, 5.74) is 1.85. The van der Waals surface area contributed by atoms with Crippen LogP contribution >= 0.6 is 0 Å². The van der Waals surface area contributed by atoms with Crippen molar-refractivity contribution in [3.8, 4) is 0 Å². The standard InChI is InChI=1S/C56H100N4O3/c1-11-13-15-17-19-34-58(35-20-18-16-14-12-2)37-22-38-60-41-39-59(40-42-60)36-21-33-57-51(62)56-30-25-43(3)44(4)50(56)46-23-24-48-53(8)28-27-49(63-45(5)61)52(6,7)47(53)26-29-55(48,10)54(46,9)31-32-56/h23,43-44,47-50H,11-22,24-42H2,1-10H3,(H,57,62)/t43-,44+,47+,48-,49+,50+,53+,54-,55-,56+/m1/s1. The number of amides is 1. The van der Waals surface area contributed by atoms with Gasteiger partial charge in [0.2, 0.25) is 5.91 Å². The molecule has 0 aromatic heterocycles. The zero-order valence-corrected chi connectivity index (χ0v) is 43.0. The van der Waals surface area contributed by atoms with Crippen LogP contribution < -0.4 is 5.32 Å². The molecule has 1 aliphatic heterocycles. The van der Waals surface area contributed by atoms with Gasteiger partial charge in [0.25, 0.3) is 0 Å². The van der Waals surface area contributed by atoms with Crippen LogP contribution in [0.5, 0.6) is 0 Å². The summed E-state index contributed by atoms with van der Waals surface area (Å²) in [4.78, 5) is 35.1. The largest absolute Gasteiger partial charge is 0.462 e. The molecule has 63 heavy (non-hydrogen) atoms. The maximum atomic E-state index is 14.8. The fraction of sp³-hybridized carbons (Fsp3) is 0.929. The minimum atomic E-state index is -0.281. The third-order valence-corrected chi connectivity index (χ3v) is 20.2. The van der Waals surface area contributed by atoms with E-state index < -0.39 is 0 Å². The molecule has 5 aliphatic carbocycles. The lowest BCUT2D eigenvalue weighted by atomic mass is 9.33. The third kappa shape index (κ3) is 10.8. The number of piperazine rings is 1. The number of carbonyl (C=O) groups excluding carboxylic acids is 2. The molecular weight excluding hydrogens is 777 g/mol. The molecule has 1 N–H and O–H groups in total. The van der Waals surface area contributed by atoms with Crippen molar-refractivity contribution in [2.45, 2.75) is 210 Å². The Morgan fingerprint density at radius 3 is 1.94 bits per heavy atom. The van der Waals surface area contributed by atoms with Crippen molar-refractivity contribution < 1.29 is 14.3 Å². The molecule has 0 aromatic carbocycles. The minimum absolute atomic E-state index is 0.00662. The molecule has 6 rings (SSSR count). The lowest BCUT2D eigenvalue weighted by Crippen LogP contribution is -2.66. The number of carbonyl (C=O) groups is 2.